The van der Waals surface area contributed by atoms with Crippen LogP contribution in [0.1, 0.15) is 24.5 Å². The first-order chi connectivity index (χ1) is 11.4. The molecule has 0 aliphatic rings. The van der Waals surface area contributed by atoms with Gasteiger partial charge >= 0.3 is 0 Å². The molecular formula is C19H21NO3S. The van der Waals surface area contributed by atoms with Crippen molar-refractivity contribution in [2.75, 3.05) is 11.6 Å². The van der Waals surface area contributed by atoms with Gasteiger partial charge in [-0.15, -0.1) is 0 Å². The van der Waals surface area contributed by atoms with Crippen LogP contribution in [0.25, 0.3) is 5.57 Å². The van der Waals surface area contributed by atoms with Crippen molar-refractivity contribution in [3.8, 4) is 0 Å². The quantitative estimate of drug-likeness (QED) is 0.814. The van der Waals surface area contributed by atoms with Crippen molar-refractivity contribution in [2.45, 2.75) is 19.1 Å². The van der Waals surface area contributed by atoms with Crippen LogP contribution in [0, 0.1) is 0 Å². The largest absolute Gasteiger partial charge is 0.322 e. The van der Waals surface area contributed by atoms with Crippen molar-refractivity contribution in [2.24, 2.45) is 0 Å². The minimum atomic E-state index is -3.11. The second-order valence-corrected chi connectivity index (χ2v) is 7.79. The van der Waals surface area contributed by atoms with Gasteiger partial charge in [0.05, 0.1) is 5.75 Å². The topological polar surface area (TPSA) is 63.2 Å². The van der Waals surface area contributed by atoms with Gasteiger partial charge < -0.3 is 5.32 Å². The predicted octanol–water partition coefficient (Wildman–Crippen LogP) is 3.66. The molecule has 0 atom stereocenters. The fraction of sp³-hybridized carbons (Fsp3) is 0.211. The Bertz CT molecular complexity index is 840. The number of amides is 1. The summed E-state index contributed by atoms with van der Waals surface area (Å²) in [5, 5.41) is 2.79. The lowest BCUT2D eigenvalue weighted by Crippen LogP contribution is -2.09. The Morgan fingerprint density at radius 1 is 1.08 bits per heavy atom. The molecule has 0 spiro atoms. The van der Waals surface area contributed by atoms with E-state index in [9.17, 15) is 13.2 Å². The minimum Gasteiger partial charge on any atom is -0.322 e. The van der Waals surface area contributed by atoms with Crippen LogP contribution in [0.5, 0.6) is 0 Å². The van der Waals surface area contributed by atoms with Crippen LogP contribution in [-0.2, 0) is 20.4 Å². The lowest BCUT2D eigenvalue weighted by Gasteiger charge is -2.08. The summed E-state index contributed by atoms with van der Waals surface area (Å²) < 4.78 is 22.8. The van der Waals surface area contributed by atoms with E-state index in [2.05, 4.69) is 5.32 Å². The third kappa shape index (κ3) is 5.66. The molecule has 1 N–H and O–H groups in total. The normalized spacial score (nSPS) is 12.0. The monoisotopic (exact) mass is 343 g/mol. The molecule has 0 saturated carbocycles. The second-order valence-electron chi connectivity index (χ2n) is 5.65. The number of sulfone groups is 1. The van der Waals surface area contributed by atoms with E-state index in [4.69, 9.17) is 0 Å². The van der Waals surface area contributed by atoms with Crippen molar-refractivity contribution < 1.29 is 13.2 Å². The molecule has 0 bridgehead atoms. The molecule has 4 nitrogen and oxygen atoms in total. The maximum absolute atomic E-state index is 12.2. The first-order valence-electron chi connectivity index (χ1n) is 7.71. The summed E-state index contributed by atoms with van der Waals surface area (Å²) in [6.45, 7) is 2.00. The summed E-state index contributed by atoms with van der Waals surface area (Å²) in [7, 11) is -3.11. The number of carbonyl (C=O) groups excluding carboxylic acids is 1. The molecule has 0 radical (unpaired) electrons. The summed E-state index contributed by atoms with van der Waals surface area (Å²) in [4.78, 5) is 12.2. The third-order valence-corrected chi connectivity index (χ3v) is 4.31. The zero-order chi connectivity index (χ0) is 17.6. The van der Waals surface area contributed by atoms with E-state index in [1.54, 1.807) is 30.3 Å². The van der Waals surface area contributed by atoms with Gasteiger partial charge in [-0.05, 0) is 35.3 Å². The highest BCUT2D eigenvalue weighted by atomic mass is 32.2. The van der Waals surface area contributed by atoms with Gasteiger partial charge in [-0.3, -0.25) is 4.79 Å². The molecule has 0 saturated heterocycles. The third-order valence-electron chi connectivity index (χ3n) is 3.45. The van der Waals surface area contributed by atoms with Crippen LogP contribution in [0.4, 0.5) is 5.69 Å². The molecule has 126 valence electrons. The fourth-order valence-corrected chi connectivity index (χ4v) is 3.21. The highest BCUT2D eigenvalue weighted by molar-refractivity contribution is 7.89. The van der Waals surface area contributed by atoms with Gasteiger partial charge in [0.25, 0.3) is 0 Å². The molecule has 0 fully saturated rings. The maximum Gasteiger partial charge on any atom is 0.248 e. The number of allylic oxidation sites excluding steroid dienone is 1. The number of carbonyl (C=O) groups is 1. The molecule has 5 heteroatoms. The van der Waals surface area contributed by atoms with Crippen molar-refractivity contribution in [1.82, 2.24) is 0 Å². The standard InChI is InChI=1S/C19H21NO3S/c1-3-16(17-9-5-4-6-10-17)13-19(21)20-18-11-7-8-15(12-18)14-24(2,22)23/h4-13H,3,14H2,1-2H3,(H,20,21). The van der Waals surface area contributed by atoms with Crippen LogP contribution in [0.3, 0.4) is 0 Å². The first-order valence-corrected chi connectivity index (χ1v) is 9.77. The Hall–Kier alpha value is -2.40. The van der Waals surface area contributed by atoms with Gasteiger partial charge in [0.1, 0.15) is 0 Å². The Morgan fingerprint density at radius 3 is 2.42 bits per heavy atom. The zero-order valence-corrected chi connectivity index (χ0v) is 14.6. The molecule has 2 aromatic rings. The summed E-state index contributed by atoms with van der Waals surface area (Å²) >= 11 is 0. The van der Waals surface area contributed by atoms with E-state index >= 15 is 0 Å². The van der Waals surface area contributed by atoms with Crippen molar-refractivity contribution in [3.63, 3.8) is 0 Å². The lowest BCUT2D eigenvalue weighted by molar-refractivity contribution is -0.111. The van der Waals surface area contributed by atoms with E-state index in [1.807, 2.05) is 37.3 Å². The maximum atomic E-state index is 12.2. The van der Waals surface area contributed by atoms with Gasteiger partial charge in [0.2, 0.25) is 5.91 Å². The first kappa shape index (κ1) is 17.9. The molecule has 2 aromatic carbocycles. The molecule has 0 aliphatic heterocycles. The Kier molecular flexibility index (Phi) is 5.93. The molecule has 1 amide bonds. The van der Waals surface area contributed by atoms with Crippen LogP contribution in [-0.4, -0.2) is 20.6 Å². The number of hydrogen-bond acceptors (Lipinski definition) is 3. The summed E-state index contributed by atoms with van der Waals surface area (Å²) in [5.74, 6) is -0.274. The van der Waals surface area contributed by atoms with Gasteiger partial charge in [-0.25, -0.2) is 8.42 Å². The molecule has 0 aliphatic carbocycles. The van der Waals surface area contributed by atoms with E-state index < -0.39 is 9.84 Å². The Labute approximate surface area is 143 Å². The SMILES string of the molecule is CCC(=CC(=O)Nc1cccc(CS(C)(=O)=O)c1)c1ccccc1. The lowest BCUT2D eigenvalue weighted by atomic mass is 10.0. The van der Waals surface area contributed by atoms with Gasteiger partial charge in [-0.2, -0.15) is 0 Å². The molecular weight excluding hydrogens is 322 g/mol. The van der Waals surface area contributed by atoms with Gasteiger partial charge in [0.15, 0.2) is 9.84 Å². The van der Waals surface area contributed by atoms with Gasteiger partial charge in [-0.1, -0.05) is 49.4 Å². The summed E-state index contributed by atoms with van der Waals surface area (Å²) in [5.41, 5.74) is 3.19. The average Bonchev–Trinajstić information content (AvgIpc) is 2.52. The van der Waals surface area contributed by atoms with E-state index in [0.717, 1.165) is 17.6 Å². The number of hydrogen-bond donors (Lipinski definition) is 1. The van der Waals surface area contributed by atoms with Crippen LogP contribution < -0.4 is 5.32 Å². The fourth-order valence-electron chi connectivity index (χ4n) is 2.42. The van der Waals surface area contributed by atoms with E-state index in [0.29, 0.717) is 11.3 Å². The number of rotatable bonds is 6. The highest BCUT2D eigenvalue weighted by Gasteiger charge is 2.07. The highest BCUT2D eigenvalue weighted by Crippen LogP contribution is 2.18. The molecule has 0 aromatic heterocycles. The van der Waals surface area contributed by atoms with Crippen LogP contribution >= 0.6 is 0 Å². The molecule has 2 rings (SSSR count). The minimum absolute atomic E-state index is 0.0449. The predicted molar refractivity (Wildman–Crippen MR) is 98.3 cm³/mol. The summed E-state index contributed by atoms with van der Waals surface area (Å²) in [6, 6.07) is 16.6. The zero-order valence-electron chi connectivity index (χ0n) is 13.8. The smallest absolute Gasteiger partial charge is 0.248 e. The summed E-state index contributed by atoms with van der Waals surface area (Å²) in [6.07, 6.45) is 3.51. The average molecular weight is 343 g/mol. The number of benzene rings is 2. The Morgan fingerprint density at radius 2 is 1.79 bits per heavy atom. The second kappa shape index (κ2) is 7.93. The van der Waals surface area contributed by atoms with Crippen LogP contribution in [0.2, 0.25) is 0 Å². The van der Waals surface area contributed by atoms with E-state index in [-0.39, 0.29) is 11.7 Å². The van der Waals surface area contributed by atoms with Crippen molar-refractivity contribution in [3.05, 3.63) is 71.8 Å². The molecule has 0 heterocycles. The number of anilines is 1. The van der Waals surface area contributed by atoms with E-state index in [1.165, 1.54) is 6.26 Å². The van der Waals surface area contributed by atoms with Gasteiger partial charge in [0, 0.05) is 18.0 Å². The van der Waals surface area contributed by atoms with Crippen LogP contribution in [0.15, 0.2) is 60.7 Å². The Balaban J connectivity index is 2.14. The molecule has 24 heavy (non-hydrogen) atoms. The molecule has 0 unspecified atom stereocenters. The van der Waals surface area contributed by atoms with Crippen molar-refractivity contribution >= 4 is 27.0 Å². The van der Waals surface area contributed by atoms with Crippen molar-refractivity contribution in [1.29, 1.82) is 0 Å². The number of nitrogens with one attached hydrogen (secondary N) is 1.